The van der Waals surface area contributed by atoms with Gasteiger partial charge in [-0.05, 0) is 37.6 Å². The molecule has 0 spiro atoms. The molecular formula is C14H18Cl2N2O. The molecule has 0 saturated carbocycles. The maximum atomic E-state index is 12.4. The third-order valence-electron chi connectivity index (χ3n) is 3.75. The molecule has 1 aliphatic heterocycles. The molecule has 0 bridgehead atoms. The molecule has 3 nitrogen and oxygen atoms in total. The van der Waals surface area contributed by atoms with Gasteiger partial charge in [0.15, 0.2) is 0 Å². The van der Waals surface area contributed by atoms with Crippen LogP contribution in [-0.2, 0) is 4.79 Å². The predicted octanol–water partition coefficient (Wildman–Crippen LogP) is 3.12. The van der Waals surface area contributed by atoms with Gasteiger partial charge < -0.3 is 10.2 Å². The maximum Gasteiger partial charge on any atom is 0.227 e. The molecule has 1 heterocycles. The van der Waals surface area contributed by atoms with E-state index in [-0.39, 0.29) is 17.9 Å². The number of halogens is 2. The Morgan fingerprint density at radius 3 is 2.79 bits per heavy atom. The Morgan fingerprint density at radius 1 is 1.47 bits per heavy atom. The topological polar surface area (TPSA) is 32.3 Å². The summed E-state index contributed by atoms with van der Waals surface area (Å²) in [5.74, 6) is 0.252. The molecule has 1 N–H and O–H groups in total. The zero-order valence-electron chi connectivity index (χ0n) is 11.1. The van der Waals surface area contributed by atoms with Gasteiger partial charge in [0, 0.05) is 23.6 Å². The van der Waals surface area contributed by atoms with Crippen LogP contribution in [0.5, 0.6) is 0 Å². The lowest BCUT2D eigenvalue weighted by Gasteiger charge is -2.28. The molecule has 1 aliphatic rings. The molecule has 2 rings (SSSR count). The fraction of sp³-hybridized carbons (Fsp3) is 0.500. The van der Waals surface area contributed by atoms with Crippen LogP contribution in [0.1, 0.15) is 24.9 Å². The fourth-order valence-corrected chi connectivity index (χ4v) is 2.96. The first-order valence-corrected chi connectivity index (χ1v) is 7.18. The Hall–Kier alpha value is -0.770. The lowest BCUT2D eigenvalue weighted by molar-refractivity contribution is -0.135. The van der Waals surface area contributed by atoms with Gasteiger partial charge in [-0.2, -0.15) is 0 Å². The minimum Gasteiger partial charge on any atom is -0.339 e. The Bertz CT molecular complexity index is 473. The van der Waals surface area contributed by atoms with Crippen LogP contribution in [-0.4, -0.2) is 30.9 Å². The third kappa shape index (κ3) is 3.22. The number of hydrogen-bond acceptors (Lipinski definition) is 2. The predicted molar refractivity (Wildman–Crippen MR) is 78.6 cm³/mol. The normalized spacial score (nSPS) is 20.3. The highest BCUT2D eigenvalue weighted by Gasteiger charge is 2.28. The molecule has 1 aromatic rings. The highest BCUT2D eigenvalue weighted by molar-refractivity contribution is 6.35. The molecule has 1 saturated heterocycles. The monoisotopic (exact) mass is 300 g/mol. The summed E-state index contributed by atoms with van der Waals surface area (Å²) in [6.07, 6.45) is 0.907. The maximum absolute atomic E-state index is 12.4. The molecule has 0 radical (unpaired) electrons. The molecule has 1 aromatic carbocycles. The summed E-state index contributed by atoms with van der Waals surface area (Å²) in [6.45, 7) is 3.67. The number of benzene rings is 1. The molecule has 19 heavy (non-hydrogen) atoms. The zero-order chi connectivity index (χ0) is 14.0. The number of hydrogen-bond donors (Lipinski definition) is 1. The molecule has 104 valence electrons. The first kappa shape index (κ1) is 14.6. The van der Waals surface area contributed by atoms with E-state index in [0.29, 0.717) is 10.0 Å². The van der Waals surface area contributed by atoms with Crippen molar-refractivity contribution in [1.82, 2.24) is 10.2 Å². The Kier molecular flexibility index (Phi) is 4.71. The second-order valence-corrected chi connectivity index (χ2v) is 5.82. The Labute approximate surface area is 123 Å². The average molecular weight is 301 g/mol. The van der Waals surface area contributed by atoms with E-state index in [1.165, 1.54) is 0 Å². The summed E-state index contributed by atoms with van der Waals surface area (Å²) >= 11 is 12.1. The smallest absolute Gasteiger partial charge is 0.227 e. The number of amides is 1. The van der Waals surface area contributed by atoms with E-state index < -0.39 is 0 Å². The van der Waals surface area contributed by atoms with E-state index in [9.17, 15) is 4.79 Å². The lowest BCUT2D eigenvalue weighted by atomic mass is 10.0. The second-order valence-electron chi connectivity index (χ2n) is 4.98. The summed E-state index contributed by atoms with van der Waals surface area (Å²) in [5, 5.41) is 4.42. The molecule has 1 amide bonds. The number of rotatable bonds is 3. The summed E-state index contributed by atoms with van der Waals surface area (Å²) in [7, 11) is 1.83. The number of nitrogens with zero attached hydrogens (tertiary/aromatic N) is 1. The quantitative estimate of drug-likeness (QED) is 0.930. The zero-order valence-corrected chi connectivity index (χ0v) is 12.6. The summed E-state index contributed by atoms with van der Waals surface area (Å²) in [6, 6.07) is 5.34. The Balaban J connectivity index is 2.13. The van der Waals surface area contributed by atoms with Gasteiger partial charge in [-0.3, -0.25) is 4.79 Å². The van der Waals surface area contributed by atoms with Crippen LogP contribution in [0.2, 0.25) is 10.0 Å². The van der Waals surface area contributed by atoms with Crippen LogP contribution in [0.3, 0.4) is 0 Å². The third-order valence-corrected chi connectivity index (χ3v) is 4.31. The number of carbonyl (C=O) groups is 1. The molecule has 1 fully saturated rings. The van der Waals surface area contributed by atoms with Crippen molar-refractivity contribution in [3.63, 3.8) is 0 Å². The van der Waals surface area contributed by atoms with Gasteiger partial charge in [0.05, 0.1) is 12.0 Å². The summed E-state index contributed by atoms with van der Waals surface area (Å²) < 4.78 is 0. The van der Waals surface area contributed by atoms with Crippen LogP contribution in [0.15, 0.2) is 18.2 Å². The summed E-state index contributed by atoms with van der Waals surface area (Å²) in [4.78, 5) is 14.1. The average Bonchev–Trinajstić information content (AvgIpc) is 2.90. The first-order chi connectivity index (χ1) is 9.00. The largest absolute Gasteiger partial charge is 0.339 e. The van der Waals surface area contributed by atoms with Crippen molar-refractivity contribution in [3.8, 4) is 0 Å². The van der Waals surface area contributed by atoms with E-state index in [2.05, 4.69) is 5.32 Å². The van der Waals surface area contributed by atoms with Crippen molar-refractivity contribution in [3.05, 3.63) is 33.8 Å². The molecule has 2 atom stereocenters. The van der Waals surface area contributed by atoms with Gasteiger partial charge in [0.25, 0.3) is 0 Å². The van der Waals surface area contributed by atoms with Crippen molar-refractivity contribution in [2.24, 2.45) is 5.92 Å². The SMILES string of the molecule is C[C@@H](c1ccc(Cl)cc1Cl)N(C)C(=O)[C@H]1CCNC1. The van der Waals surface area contributed by atoms with Crippen molar-refractivity contribution >= 4 is 29.1 Å². The molecular weight excluding hydrogens is 283 g/mol. The van der Waals surface area contributed by atoms with E-state index in [1.54, 1.807) is 17.0 Å². The van der Waals surface area contributed by atoms with E-state index in [1.807, 2.05) is 20.0 Å². The number of nitrogens with one attached hydrogen (secondary N) is 1. The van der Waals surface area contributed by atoms with Crippen LogP contribution in [0.25, 0.3) is 0 Å². The van der Waals surface area contributed by atoms with Crippen molar-refractivity contribution in [1.29, 1.82) is 0 Å². The van der Waals surface area contributed by atoms with Crippen LogP contribution < -0.4 is 5.32 Å². The van der Waals surface area contributed by atoms with Crippen molar-refractivity contribution in [2.45, 2.75) is 19.4 Å². The number of carbonyl (C=O) groups excluding carboxylic acids is 1. The van der Waals surface area contributed by atoms with E-state index in [0.717, 1.165) is 25.1 Å². The second kappa shape index (κ2) is 6.12. The fourth-order valence-electron chi connectivity index (χ4n) is 2.39. The van der Waals surface area contributed by atoms with Gasteiger partial charge in [-0.15, -0.1) is 0 Å². The van der Waals surface area contributed by atoms with Gasteiger partial charge in [-0.1, -0.05) is 29.3 Å². The van der Waals surface area contributed by atoms with Crippen molar-refractivity contribution < 1.29 is 4.79 Å². The van der Waals surface area contributed by atoms with Gasteiger partial charge in [0.1, 0.15) is 0 Å². The molecule has 0 aromatic heterocycles. The van der Waals surface area contributed by atoms with Crippen LogP contribution >= 0.6 is 23.2 Å². The van der Waals surface area contributed by atoms with Crippen molar-refractivity contribution in [2.75, 3.05) is 20.1 Å². The van der Waals surface area contributed by atoms with Crippen LogP contribution in [0.4, 0.5) is 0 Å². The Morgan fingerprint density at radius 2 is 2.21 bits per heavy atom. The standard InChI is InChI=1S/C14H18Cl2N2O/c1-9(12-4-3-11(15)7-13(12)16)18(2)14(19)10-5-6-17-8-10/h3-4,7,9-10,17H,5-6,8H2,1-2H3/t9-,10-/m0/s1. The van der Waals surface area contributed by atoms with Crippen LogP contribution in [0, 0.1) is 5.92 Å². The van der Waals surface area contributed by atoms with Gasteiger partial charge >= 0.3 is 0 Å². The van der Waals surface area contributed by atoms with Gasteiger partial charge in [0.2, 0.25) is 5.91 Å². The molecule has 0 aliphatic carbocycles. The van der Waals surface area contributed by atoms with E-state index in [4.69, 9.17) is 23.2 Å². The minimum atomic E-state index is -0.0575. The first-order valence-electron chi connectivity index (χ1n) is 6.43. The minimum absolute atomic E-state index is 0.0575. The molecule has 0 unspecified atom stereocenters. The highest BCUT2D eigenvalue weighted by atomic mass is 35.5. The van der Waals surface area contributed by atoms with E-state index >= 15 is 0 Å². The molecule has 5 heteroatoms. The lowest BCUT2D eigenvalue weighted by Crippen LogP contribution is -2.35. The summed E-state index contributed by atoms with van der Waals surface area (Å²) in [5.41, 5.74) is 0.924. The highest BCUT2D eigenvalue weighted by Crippen LogP contribution is 2.30. The van der Waals surface area contributed by atoms with Gasteiger partial charge in [-0.25, -0.2) is 0 Å².